The van der Waals surface area contributed by atoms with Gasteiger partial charge >= 0.3 is 12.2 Å². The first-order valence-corrected chi connectivity index (χ1v) is 9.76. The maximum absolute atomic E-state index is 13.1. The summed E-state index contributed by atoms with van der Waals surface area (Å²) in [5, 5.41) is 1.88. The molecule has 0 unspecified atom stereocenters. The van der Waals surface area contributed by atoms with Crippen molar-refractivity contribution in [1.29, 1.82) is 0 Å². The third kappa shape index (κ3) is 4.44. The van der Waals surface area contributed by atoms with Gasteiger partial charge in [-0.2, -0.15) is 5.01 Å². The lowest BCUT2D eigenvalue weighted by Gasteiger charge is -2.44. The van der Waals surface area contributed by atoms with E-state index in [1.165, 1.54) is 6.08 Å². The van der Waals surface area contributed by atoms with Crippen molar-refractivity contribution >= 4 is 23.7 Å². The standard InChI is InChI=1S/C22H28N2O5/c1-21(2,3)28-19(26)23-17-12-11-14-9-7-8-10-15(14)16(17)13-18(25)24(23)20(27)29-22(4,5)6/h7-10,13,17H,11-12H2,1-6H3/t17-/m0/s1. The summed E-state index contributed by atoms with van der Waals surface area (Å²) < 4.78 is 10.9. The van der Waals surface area contributed by atoms with E-state index in [2.05, 4.69) is 0 Å². The zero-order chi connectivity index (χ0) is 21.6. The second-order valence-electron chi connectivity index (χ2n) is 9.27. The van der Waals surface area contributed by atoms with Gasteiger partial charge in [-0.3, -0.25) is 4.79 Å². The highest BCUT2D eigenvalue weighted by atomic mass is 16.6. The van der Waals surface area contributed by atoms with Crippen LogP contribution in [0.3, 0.4) is 0 Å². The lowest BCUT2D eigenvalue weighted by Crippen LogP contribution is -2.61. The topological polar surface area (TPSA) is 76.2 Å². The smallest absolute Gasteiger partial charge is 0.437 e. The van der Waals surface area contributed by atoms with Gasteiger partial charge in [0.05, 0.1) is 6.04 Å². The minimum Gasteiger partial charge on any atom is -0.442 e. The van der Waals surface area contributed by atoms with Crippen LogP contribution in [0.1, 0.15) is 59.1 Å². The molecule has 29 heavy (non-hydrogen) atoms. The number of imide groups is 1. The van der Waals surface area contributed by atoms with E-state index in [9.17, 15) is 14.4 Å². The lowest BCUT2D eigenvalue weighted by molar-refractivity contribution is -0.144. The highest BCUT2D eigenvalue weighted by molar-refractivity contribution is 6.07. The van der Waals surface area contributed by atoms with E-state index >= 15 is 0 Å². The molecule has 7 heteroatoms. The lowest BCUT2D eigenvalue weighted by atomic mass is 9.82. The molecule has 1 aromatic rings. The van der Waals surface area contributed by atoms with E-state index in [-0.39, 0.29) is 0 Å². The van der Waals surface area contributed by atoms with E-state index in [0.717, 1.165) is 21.1 Å². The van der Waals surface area contributed by atoms with Crippen molar-refractivity contribution in [3.05, 3.63) is 41.5 Å². The van der Waals surface area contributed by atoms with Crippen molar-refractivity contribution in [1.82, 2.24) is 10.0 Å². The first kappa shape index (κ1) is 20.9. The minimum absolute atomic E-state index is 0.495. The molecular formula is C22H28N2O5. The molecule has 0 saturated heterocycles. The fourth-order valence-electron chi connectivity index (χ4n) is 3.52. The van der Waals surface area contributed by atoms with Crippen molar-refractivity contribution in [2.75, 3.05) is 0 Å². The van der Waals surface area contributed by atoms with Gasteiger partial charge in [-0.1, -0.05) is 24.3 Å². The molecule has 1 aliphatic heterocycles. The molecule has 156 valence electrons. The molecule has 2 aliphatic rings. The van der Waals surface area contributed by atoms with Gasteiger partial charge in [-0.05, 0) is 71.1 Å². The molecule has 1 aliphatic carbocycles. The van der Waals surface area contributed by atoms with E-state index < -0.39 is 35.3 Å². The van der Waals surface area contributed by atoms with E-state index in [1.807, 2.05) is 24.3 Å². The Balaban J connectivity index is 2.06. The fraction of sp³-hybridized carbons (Fsp3) is 0.500. The van der Waals surface area contributed by atoms with Crippen LogP contribution < -0.4 is 0 Å². The second-order valence-corrected chi connectivity index (χ2v) is 9.27. The molecule has 7 nitrogen and oxygen atoms in total. The first-order valence-electron chi connectivity index (χ1n) is 9.76. The molecular weight excluding hydrogens is 372 g/mol. The maximum atomic E-state index is 13.1. The van der Waals surface area contributed by atoms with E-state index in [4.69, 9.17) is 9.47 Å². The van der Waals surface area contributed by atoms with E-state index in [0.29, 0.717) is 18.4 Å². The Labute approximate surface area is 171 Å². The van der Waals surface area contributed by atoms with E-state index in [1.54, 1.807) is 41.5 Å². The number of ether oxygens (including phenoxy) is 2. The van der Waals surface area contributed by atoms with Crippen LogP contribution in [0, 0.1) is 0 Å². The summed E-state index contributed by atoms with van der Waals surface area (Å²) in [6, 6.07) is 7.28. The largest absolute Gasteiger partial charge is 0.442 e. The van der Waals surface area contributed by atoms with Gasteiger partial charge in [-0.25, -0.2) is 9.59 Å². The third-order valence-electron chi connectivity index (χ3n) is 4.52. The van der Waals surface area contributed by atoms with Crippen LogP contribution in [0.15, 0.2) is 30.3 Å². The monoisotopic (exact) mass is 400 g/mol. The number of amides is 3. The van der Waals surface area contributed by atoms with Gasteiger partial charge in [0.1, 0.15) is 11.2 Å². The van der Waals surface area contributed by atoms with Gasteiger partial charge in [0, 0.05) is 6.08 Å². The molecule has 3 rings (SSSR count). The molecule has 1 aromatic carbocycles. The Morgan fingerprint density at radius 3 is 2.17 bits per heavy atom. The molecule has 0 saturated carbocycles. The van der Waals surface area contributed by atoms with Crippen molar-refractivity contribution < 1.29 is 23.9 Å². The highest BCUT2D eigenvalue weighted by Crippen LogP contribution is 2.38. The SMILES string of the molecule is CC(C)(C)OC(=O)N1C(=O)C=C2c3ccccc3CC[C@@H]2N1C(=O)OC(C)(C)C. The Kier molecular flexibility index (Phi) is 5.19. The van der Waals surface area contributed by atoms with Crippen molar-refractivity contribution in [3.63, 3.8) is 0 Å². The highest BCUT2D eigenvalue weighted by Gasteiger charge is 2.46. The number of carbonyl (C=O) groups is 3. The van der Waals surface area contributed by atoms with Crippen LogP contribution in [0.25, 0.3) is 5.57 Å². The number of fused-ring (bicyclic) bond motifs is 3. The molecule has 0 spiro atoms. The minimum atomic E-state index is -0.900. The summed E-state index contributed by atoms with van der Waals surface area (Å²) in [5.74, 6) is -0.631. The van der Waals surface area contributed by atoms with Crippen LogP contribution in [0.4, 0.5) is 9.59 Å². The van der Waals surface area contributed by atoms with Gasteiger partial charge in [0.25, 0.3) is 5.91 Å². The third-order valence-corrected chi connectivity index (χ3v) is 4.52. The number of aryl methyl sites for hydroxylation is 1. The number of rotatable bonds is 0. The van der Waals surface area contributed by atoms with Crippen molar-refractivity contribution in [2.24, 2.45) is 0 Å². The first-order chi connectivity index (χ1) is 13.4. The molecule has 0 bridgehead atoms. The summed E-state index contributed by atoms with van der Waals surface area (Å²) in [6.45, 7) is 10.3. The maximum Gasteiger partial charge on any atom is 0.437 e. The average Bonchev–Trinajstić information content (AvgIpc) is 2.57. The van der Waals surface area contributed by atoms with Crippen LogP contribution in [0.5, 0.6) is 0 Å². The summed E-state index contributed by atoms with van der Waals surface area (Å²) in [7, 11) is 0. The average molecular weight is 400 g/mol. The predicted molar refractivity (Wildman–Crippen MR) is 108 cm³/mol. The molecule has 0 N–H and O–H groups in total. The van der Waals surface area contributed by atoms with Crippen molar-refractivity contribution in [3.8, 4) is 0 Å². The zero-order valence-electron chi connectivity index (χ0n) is 17.8. The normalized spacial score (nSPS) is 19.2. The summed E-state index contributed by atoms with van der Waals surface area (Å²) in [5.41, 5.74) is 1.13. The molecule has 0 radical (unpaired) electrons. The number of hydrogen-bond acceptors (Lipinski definition) is 5. The van der Waals surface area contributed by atoms with Crippen LogP contribution in [-0.4, -0.2) is 45.4 Å². The number of benzene rings is 1. The molecule has 1 heterocycles. The van der Waals surface area contributed by atoms with Gasteiger partial charge < -0.3 is 9.47 Å². The summed E-state index contributed by atoms with van der Waals surface area (Å²) >= 11 is 0. The van der Waals surface area contributed by atoms with Gasteiger partial charge in [-0.15, -0.1) is 5.01 Å². The van der Waals surface area contributed by atoms with Crippen LogP contribution in [0.2, 0.25) is 0 Å². The number of carbonyl (C=O) groups excluding carboxylic acids is 3. The Hall–Kier alpha value is -2.83. The Morgan fingerprint density at radius 2 is 1.55 bits per heavy atom. The zero-order valence-corrected chi connectivity index (χ0v) is 17.8. The summed E-state index contributed by atoms with van der Waals surface area (Å²) in [6.07, 6.45) is 1.05. The Bertz CT molecular complexity index is 876. The fourth-order valence-corrected chi connectivity index (χ4v) is 3.52. The van der Waals surface area contributed by atoms with Gasteiger partial charge in [0.15, 0.2) is 0 Å². The predicted octanol–water partition coefficient (Wildman–Crippen LogP) is 4.31. The quantitative estimate of drug-likeness (QED) is 0.648. The van der Waals surface area contributed by atoms with Crippen LogP contribution in [-0.2, 0) is 20.7 Å². The van der Waals surface area contributed by atoms with Crippen LogP contribution >= 0.6 is 0 Å². The Morgan fingerprint density at radius 1 is 0.966 bits per heavy atom. The molecule has 0 fully saturated rings. The molecule has 3 amide bonds. The molecule has 1 atom stereocenters. The number of nitrogens with zero attached hydrogens (tertiary/aromatic N) is 2. The second kappa shape index (κ2) is 7.21. The van der Waals surface area contributed by atoms with Crippen molar-refractivity contribution in [2.45, 2.75) is 71.6 Å². The van der Waals surface area contributed by atoms with Gasteiger partial charge in [0.2, 0.25) is 0 Å². The number of hydrazine groups is 1. The summed E-state index contributed by atoms with van der Waals surface area (Å²) in [4.78, 5) is 38.9. The number of hydrogen-bond donors (Lipinski definition) is 0. The molecule has 0 aromatic heterocycles.